The molecule has 5 N–H and O–H groups in total. The van der Waals surface area contributed by atoms with Crippen molar-refractivity contribution in [2.75, 3.05) is 6.61 Å². The van der Waals surface area contributed by atoms with Crippen molar-refractivity contribution in [2.24, 2.45) is 5.10 Å². The van der Waals surface area contributed by atoms with Gasteiger partial charge in [-0.1, -0.05) is 42.5 Å². The Kier molecular flexibility index (Phi) is 7.08. The fourth-order valence-corrected chi connectivity index (χ4v) is 2.89. The first kappa shape index (κ1) is 21.4. The SMILES string of the molecule is C/C(=N\NC(=O)c1cccc(-c2ccccc2)c1)c1ncc(C(O)C(O)CCO)[nH]1. The van der Waals surface area contributed by atoms with E-state index in [9.17, 15) is 15.0 Å². The molecule has 3 aromatic rings. The molecule has 30 heavy (non-hydrogen) atoms. The average Bonchev–Trinajstić information content (AvgIpc) is 3.28. The Balaban J connectivity index is 1.68. The van der Waals surface area contributed by atoms with Gasteiger partial charge in [-0.3, -0.25) is 4.79 Å². The molecule has 0 bridgehead atoms. The number of aliphatic hydroxyl groups is 3. The van der Waals surface area contributed by atoms with E-state index in [1.165, 1.54) is 6.20 Å². The topological polar surface area (TPSA) is 131 Å². The van der Waals surface area contributed by atoms with Crippen molar-refractivity contribution in [1.29, 1.82) is 0 Å². The lowest BCUT2D eigenvalue weighted by molar-refractivity contribution is 0.00212. The highest BCUT2D eigenvalue weighted by Crippen LogP contribution is 2.20. The monoisotopic (exact) mass is 408 g/mol. The van der Waals surface area contributed by atoms with Crippen LogP contribution in [-0.4, -0.2) is 49.6 Å². The highest BCUT2D eigenvalue weighted by molar-refractivity contribution is 5.99. The third-order valence-corrected chi connectivity index (χ3v) is 4.60. The zero-order valence-corrected chi connectivity index (χ0v) is 16.5. The van der Waals surface area contributed by atoms with Crippen LogP contribution in [0.2, 0.25) is 0 Å². The second-order valence-electron chi connectivity index (χ2n) is 6.80. The van der Waals surface area contributed by atoms with Gasteiger partial charge in [-0.25, -0.2) is 10.4 Å². The van der Waals surface area contributed by atoms with Crippen LogP contribution in [-0.2, 0) is 0 Å². The molecule has 3 rings (SSSR count). The number of carbonyl (C=O) groups excluding carboxylic acids is 1. The summed E-state index contributed by atoms with van der Waals surface area (Å²) >= 11 is 0. The predicted molar refractivity (Wildman–Crippen MR) is 113 cm³/mol. The first-order valence-corrected chi connectivity index (χ1v) is 9.52. The number of H-pyrrole nitrogens is 1. The van der Waals surface area contributed by atoms with Crippen LogP contribution in [0.25, 0.3) is 11.1 Å². The van der Waals surface area contributed by atoms with Crippen LogP contribution in [0.5, 0.6) is 0 Å². The van der Waals surface area contributed by atoms with Gasteiger partial charge in [-0.05, 0) is 36.6 Å². The number of hydrazone groups is 1. The lowest BCUT2D eigenvalue weighted by atomic mass is 10.0. The number of aromatic amines is 1. The molecule has 0 aliphatic rings. The number of hydrogen-bond donors (Lipinski definition) is 5. The van der Waals surface area contributed by atoms with E-state index in [1.807, 2.05) is 42.5 Å². The lowest BCUT2D eigenvalue weighted by Gasteiger charge is -2.14. The molecule has 156 valence electrons. The van der Waals surface area contributed by atoms with Gasteiger partial charge in [0.2, 0.25) is 0 Å². The normalized spacial score (nSPS) is 13.7. The molecule has 2 atom stereocenters. The van der Waals surface area contributed by atoms with Crippen molar-refractivity contribution in [2.45, 2.75) is 25.6 Å². The van der Waals surface area contributed by atoms with Gasteiger partial charge in [-0.15, -0.1) is 0 Å². The summed E-state index contributed by atoms with van der Waals surface area (Å²) < 4.78 is 0. The number of hydrogen-bond acceptors (Lipinski definition) is 6. The molecular formula is C22H24N4O4. The highest BCUT2D eigenvalue weighted by Gasteiger charge is 2.20. The highest BCUT2D eigenvalue weighted by atomic mass is 16.3. The number of nitrogens with one attached hydrogen (secondary N) is 2. The summed E-state index contributed by atoms with van der Waals surface area (Å²) in [5.41, 5.74) is 5.60. The Morgan fingerprint density at radius 3 is 2.60 bits per heavy atom. The third kappa shape index (κ3) is 5.18. The molecule has 8 heteroatoms. The number of nitrogens with zero attached hydrogens (tertiary/aromatic N) is 2. The smallest absolute Gasteiger partial charge is 0.271 e. The summed E-state index contributed by atoms with van der Waals surface area (Å²) in [6.07, 6.45) is -0.899. The van der Waals surface area contributed by atoms with Crippen LogP contribution in [0.1, 0.15) is 41.3 Å². The van der Waals surface area contributed by atoms with E-state index in [2.05, 4.69) is 20.5 Å². The van der Waals surface area contributed by atoms with Crippen molar-refractivity contribution < 1.29 is 20.1 Å². The minimum Gasteiger partial charge on any atom is -0.396 e. The van der Waals surface area contributed by atoms with Crippen molar-refractivity contribution in [3.8, 4) is 11.1 Å². The second kappa shape index (κ2) is 9.93. The van der Waals surface area contributed by atoms with E-state index in [4.69, 9.17) is 5.11 Å². The fourth-order valence-electron chi connectivity index (χ4n) is 2.89. The number of aliphatic hydroxyl groups excluding tert-OH is 3. The van der Waals surface area contributed by atoms with Crippen molar-refractivity contribution >= 4 is 11.6 Å². The largest absolute Gasteiger partial charge is 0.396 e. The summed E-state index contributed by atoms with van der Waals surface area (Å²) in [5.74, 6) is -0.0177. The molecule has 2 aromatic carbocycles. The third-order valence-electron chi connectivity index (χ3n) is 4.60. The van der Waals surface area contributed by atoms with Gasteiger partial charge in [0.25, 0.3) is 5.91 Å². The van der Waals surface area contributed by atoms with E-state index in [-0.39, 0.29) is 18.9 Å². The maximum absolute atomic E-state index is 12.5. The van der Waals surface area contributed by atoms with E-state index in [1.54, 1.807) is 19.1 Å². The summed E-state index contributed by atoms with van der Waals surface area (Å²) in [4.78, 5) is 19.5. The number of amides is 1. The van der Waals surface area contributed by atoms with Crippen LogP contribution in [0, 0.1) is 0 Å². The predicted octanol–water partition coefficient (Wildman–Crippen LogP) is 2.01. The van der Waals surface area contributed by atoms with Gasteiger partial charge < -0.3 is 20.3 Å². The van der Waals surface area contributed by atoms with Crippen LogP contribution >= 0.6 is 0 Å². The molecule has 8 nitrogen and oxygen atoms in total. The summed E-state index contributed by atoms with van der Waals surface area (Å²) in [6.45, 7) is 1.41. The quantitative estimate of drug-likeness (QED) is 0.287. The lowest BCUT2D eigenvalue weighted by Crippen LogP contribution is -2.20. The zero-order valence-electron chi connectivity index (χ0n) is 16.5. The Hall–Kier alpha value is -3.33. The van der Waals surface area contributed by atoms with Gasteiger partial charge in [0.05, 0.1) is 18.0 Å². The van der Waals surface area contributed by atoms with E-state index >= 15 is 0 Å². The molecule has 1 heterocycles. The molecule has 0 aliphatic heterocycles. The standard InChI is InChI=1S/C22H24N4O4/c1-14(21-23-13-18(24-21)20(29)19(28)10-11-27)25-26-22(30)17-9-5-8-16(12-17)15-6-3-2-4-7-15/h2-9,12-13,19-20,27-29H,10-11H2,1H3,(H,23,24)(H,26,30)/b25-14+. The number of rotatable bonds is 8. The van der Waals surface area contributed by atoms with Crippen molar-refractivity contribution in [3.63, 3.8) is 0 Å². The first-order valence-electron chi connectivity index (χ1n) is 9.52. The first-order chi connectivity index (χ1) is 14.5. The van der Waals surface area contributed by atoms with Crippen LogP contribution in [0.3, 0.4) is 0 Å². The maximum Gasteiger partial charge on any atom is 0.271 e. The Labute approximate surface area is 173 Å². The Bertz CT molecular complexity index is 1020. The number of benzene rings is 2. The molecule has 0 saturated carbocycles. The maximum atomic E-state index is 12.5. The summed E-state index contributed by atoms with van der Waals surface area (Å²) in [6, 6.07) is 17.0. The molecule has 1 aromatic heterocycles. The molecule has 0 aliphatic carbocycles. The van der Waals surface area contributed by atoms with Crippen LogP contribution < -0.4 is 5.43 Å². The number of imidazole rings is 1. The van der Waals surface area contributed by atoms with Crippen LogP contribution in [0.4, 0.5) is 0 Å². The number of carbonyl (C=O) groups is 1. The van der Waals surface area contributed by atoms with Gasteiger partial charge in [0, 0.05) is 12.2 Å². The molecule has 0 radical (unpaired) electrons. The van der Waals surface area contributed by atoms with E-state index in [0.29, 0.717) is 22.8 Å². The Morgan fingerprint density at radius 2 is 1.87 bits per heavy atom. The molecular weight excluding hydrogens is 384 g/mol. The average molecular weight is 408 g/mol. The van der Waals surface area contributed by atoms with Crippen molar-refractivity contribution in [1.82, 2.24) is 15.4 Å². The van der Waals surface area contributed by atoms with E-state index < -0.39 is 12.2 Å². The second-order valence-corrected chi connectivity index (χ2v) is 6.80. The molecule has 1 amide bonds. The minimum absolute atomic E-state index is 0.0424. The molecule has 0 saturated heterocycles. The zero-order chi connectivity index (χ0) is 21.5. The van der Waals surface area contributed by atoms with Gasteiger partial charge in [-0.2, -0.15) is 5.10 Å². The minimum atomic E-state index is -1.21. The van der Waals surface area contributed by atoms with Crippen LogP contribution in [0.15, 0.2) is 65.9 Å². The molecule has 0 spiro atoms. The van der Waals surface area contributed by atoms with Gasteiger partial charge in [0.1, 0.15) is 11.8 Å². The fraction of sp³-hybridized carbons (Fsp3) is 0.227. The molecule has 2 unspecified atom stereocenters. The summed E-state index contributed by atoms with van der Waals surface area (Å²) in [5, 5.41) is 32.8. The van der Waals surface area contributed by atoms with Crippen molar-refractivity contribution in [3.05, 3.63) is 77.9 Å². The molecule has 0 fully saturated rings. The van der Waals surface area contributed by atoms with E-state index in [0.717, 1.165) is 11.1 Å². The summed E-state index contributed by atoms with van der Waals surface area (Å²) in [7, 11) is 0. The van der Waals surface area contributed by atoms with Gasteiger partial charge >= 0.3 is 0 Å². The Morgan fingerprint density at radius 1 is 1.13 bits per heavy atom. The van der Waals surface area contributed by atoms with Gasteiger partial charge in [0.15, 0.2) is 5.82 Å². The number of aromatic nitrogens is 2.